The van der Waals surface area contributed by atoms with Gasteiger partial charge in [-0.2, -0.15) is 0 Å². The molecule has 0 N–H and O–H groups in total. The van der Waals surface area contributed by atoms with Crippen molar-refractivity contribution in [2.75, 3.05) is 37.0 Å². The van der Waals surface area contributed by atoms with Crippen molar-refractivity contribution in [1.29, 1.82) is 0 Å². The van der Waals surface area contributed by atoms with Gasteiger partial charge < -0.3 is 0 Å². The van der Waals surface area contributed by atoms with Crippen LogP contribution in [0.4, 0.5) is 0 Å². The van der Waals surface area contributed by atoms with E-state index in [1.54, 1.807) is 11.1 Å². The average Bonchev–Trinajstić information content (AvgIpc) is 2.65. The predicted octanol–water partition coefficient (Wildman–Crippen LogP) is 8.65. The standard InChI is InChI=1S/C26H52P2/c1-7-17-27(18-8-2,19-9-3)23-25-13-15-26(16-14-25)24-28(20-10-4,21-11-5)22-12-6/h13-16,27-28H,7-12,17-24H2,1-6H3. The molecular formula is C26H52P2. The predicted molar refractivity (Wildman–Crippen MR) is 141 cm³/mol. The van der Waals surface area contributed by atoms with Crippen LogP contribution in [-0.2, 0) is 12.3 Å². The summed E-state index contributed by atoms with van der Waals surface area (Å²) in [6.07, 6.45) is 20.3. The Hall–Kier alpha value is 0.0800. The van der Waals surface area contributed by atoms with Crippen LogP contribution < -0.4 is 0 Å². The summed E-state index contributed by atoms with van der Waals surface area (Å²) in [5.74, 6) is 0. The molecular weight excluding hydrogens is 374 g/mol. The summed E-state index contributed by atoms with van der Waals surface area (Å²) < 4.78 is 0. The molecule has 1 aromatic carbocycles. The van der Waals surface area contributed by atoms with Gasteiger partial charge in [0.1, 0.15) is 0 Å². The first-order valence-electron chi connectivity index (χ1n) is 12.6. The molecule has 1 rings (SSSR count). The molecule has 0 radical (unpaired) electrons. The number of rotatable bonds is 16. The number of benzene rings is 1. The van der Waals surface area contributed by atoms with Crippen LogP contribution in [0.3, 0.4) is 0 Å². The zero-order valence-corrected chi connectivity index (χ0v) is 22.2. The van der Waals surface area contributed by atoms with Gasteiger partial charge in [0.2, 0.25) is 0 Å². The minimum absolute atomic E-state index is 1.13. The van der Waals surface area contributed by atoms with Gasteiger partial charge in [0.05, 0.1) is 0 Å². The third-order valence-electron chi connectivity index (χ3n) is 6.86. The zero-order chi connectivity index (χ0) is 20.9. The summed E-state index contributed by atoms with van der Waals surface area (Å²) in [6, 6.07) is 10.1. The second-order valence-corrected chi connectivity index (χ2v) is 19.4. The van der Waals surface area contributed by atoms with Crippen molar-refractivity contribution in [3.8, 4) is 0 Å². The third-order valence-corrected chi connectivity index (χ3v) is 18.5. The van der Waals surface area contributed by atoms with Crippen molar-refractivity contribution < 1.29 is 0 Å². The third kappa shape index (κ3) is 8.44. The van der Waals surface area contributed by atoms with Gasteiger partial charge in [-0.15, -0.1) is 0 Å². The quantitative estimate of drug-likeness (QED) is 0.232. The molecule has 1 aromatic rings. The average molecular weight is 427 g/mol. The number of hydrogen-bond acceptors (Lipinski definition) is 0. The molecule has 0 unspecified atom stereocenters. The molecule has 166 valence electrons. The monoisotopic (exact) mass is 426 g/mol. The minimum atomic E-state index is -1.13. The summed E-state index contributed by atoms with van der Waals surface area (Å²) >= 11 is 0. The van der Waals surface area contributed by atoms with Gasteiger partial charge in [0, 0.05) is 0 Å². The molecule has 0 spiro atoms. The van der Waals surface area contributed by atoms with E-state index in [-0.39, 0.29) is 0 Å². The van der Waals surface area contributed by atoms with Crippen molar-refractivity contribution in [1.82, 2.24) is 0 Å². The van der Waals surface area contributed by atoms with Crippen LogP contribution in [-0.4, -0.2) is 37.0 Å². The second kappa shape index (κ2) is 14.1. The van der Waals surface area contributed by atoms with Gasteiger partial charge in [-0.3, -0.25) is 0 Å². The van der Waals surface area contributed by atoms with Crippen molar-refractivity contribution in [3.63, 3.8) is 0 Å². The molecule has 0 atom stereocenters. The summed E-state index contributed by atoms with van der Waals surface area (Å²) in [7, 11) is -2.26. The van der Waals surface area contributed by atoms with Gasteiger partial charge in [-0.1, -0.05) is 0 Å². The Morgan fingerprint density at radius 2 is 0.643 bits per heavy atom. The Labute approximate surface area is 179 Å². The van der Waals surface area contributed by atoms with Gasteiger partial charge in [-0.25, -0.2) is 0 Å². The van der Waals surface area contributed by atoms with E-state index in [1.807, 2.05) is 0 Å². The molecule has 2 heteroatoms. The van der Waals surface area contributed by atoms with Crippen LogP contribution in [0.25, 0.3) is 0 Å². The zero-order valence-electron chi connectivity index (χ0n) is 20.2. The van der Waals surface area contributed by atoms with Crippen molar-refractivity contribution >= 4 is 14.5 Å². The molecule has 0 aromatic heterocycles. The van der Waals surface area contributed by atoms with Crippen LogP contribution in [0.5, 0.6) is 0 Å². The fourth-order valence-electron chi connectivity index (χ4n) is 6.10. The topological polar surface area (TPSA) is 0 Å². The van der Waals surface area contributed by atoms with Gasteiger partial charge >= 0.3 is 179 Å². The first-order chi connectivity index (χ1) is 13.5. The Kier molecular flexibility index (Phi) is 13.2. The van der Waals surface area contributed by atoms with E-state index in [1.165, 1.54) is 87.8 Å². The maximum atomic E-state index is 2.51. The van der Waals surface area contributed by atoms with E-state index in [0.29, 0.717) is 0 Å². The molecule has 0 saturated heterocycles. The SMILES string of the molecule is CCC[PH](CCC)(CCC)Cc1ccc(C[PH](CCC)(CCC)CCC)cc1. The molecule has 0 bridgehead atoms. The van der Waals surface area contributed by atoms with Crippen molar-refractivity contribution in [3.05, 3.63) is 35.4 Å². The fraction of sp³-hybridized carbons (Fsp3) is 0.769. The fourth-order valence-corrected chi connectivity index (χ4v) is 17.2. The molecule has 0 aliphatic rings. The Bertz CT molecular complexity index is 425. The second-order valence-electron chi connectivity index (χ2n) is 9.67. The van der Waals surface area contributed by atoms with E-state index in [0.717, 1.165) is 0 Å². The summed E-state index contributed by atoms with van der Waals surface area (Å²) in [6.45, 7) is 14.4. The maximum absolute atomic E-state index is 2.51. The first-order valence-corrected chi connectivity index (χ1v) is 18.3. The van der Waals surface area contributed by atoms with E-state index in [2.05, 4.69) is 65.8 Å². The van der Waals surface area contributed by atoms with E-state index >= 15 is 0 Å². The van der Waals surface area contributed by atoms with Gasteiger partial charge in [0.15, 0.2) is 0 Å². The summed E-state index contributed by atoms with van der Waals surface area (Å²) in [4.78, 5) is 0. The molecule has 0 amide bonds. The normalized spacial score (nSPS) is 13.6. The van der Waals surface area contributed by atoms with E-state index in [4.69, 9.17) is 0 Å². The van der Waals surface area contributed by atoms with Gasteiger partial charge in [0.25, 0.3) is 0 Å². The molecule has 0 aliphatic carbocycles. The number of hydrogen-bond donors (Lipinski definition) is 0. The Morgan fingerprint density at radius 3 is 0.821 bits per heavy atom. The Morgan fingerprint density at radius 1 is 0.429 bits per heavy atom. The Balaban J connectivity index is 2.95. The molecule has 0 aliphatic heterocycles. The van der Waals surface area contributed by atoms with Crippen LogP contribution >= 0.6 is 14.5 Å². The van der Waals surface area contributed by atoms with Crippen LogP contribution in [0.2, 0.25) is 0 Å². The van der Waals surface area contributed by atoms with Crippen molar-refractivity contribution in [2.45, 2.75) is 92.4 Å². The van der Waals surface area contributed by atoms with Crippen LogP contribution in [0, 0.1) is 0 Å². The first kappa shape index (κ1) is 26.1. The molecule has 28 heavy (non-hydrogen) atoms. The summed E-state index contributed by atoms with van der Waals surface area (Å²) in [5, 5.41) is 0. The molecule has 0 heterocycles. The van der Waals surface area contributed by atoms with Crippen LogP contribution in [0.15, 0.2) is 24.3 Å². The molecule has 0 saturated carbocycles. The van der Waals surface area contributed by atoms with Gasteiger partial charge in [-0.05, 0) is 0 Å². The summed E-state index contributed by atoms with van der Waals surface area (Å²) in [5.41, 5.74) is 3.28. The van der Waals surface area contributed by atoms with Crippen molar-refractivity contribution in [2.24, 2.45) is 0 Å². The van der Waals surface area contributed by atoms with E-state index in [9.17, 15) is 0 Å². The molecule has 0 nitrogen and oxygen atoms in total. The van der Waals surface area contributed by atoms with Crippen LogP contribution in [0.1, 0.15) is 91.2 Å². The molecule has 0 fully saturated rings. The van der Waals surface area contributed by atoms with E-state index < -0.39 is 14.5 Å².